The Morgan fingerprint density at radius 3 is 2.53 bits per heavy atom. The van der Waals surface area contributed by atoms with Crippen LogP contribution in [0.2, 0.25) is 5.02 Å². The summed E-state index contributed by atoms with van der Waals surface area (Å²) in [6.45, 7) is 3.00. The highest BCUT2D eigenvalue weighted by Gasteiger charge is 2.04. The summed E-state index contributed by atoms with van der Waals surface area (Å²) in [6, 6.07) is 7.00. The van der Waals surface area contributed by atoms with E-state index in [9.17, 15) is 5.11 Å². The van der Waals surface area contributed by atoms with Gasteiger partial charge in [-0.15, -0.1) is 0 Å². The fraction of sp³-hybridized carbons (Fsp3) is 0.455. The third-order valence-corrected chi connectivity index (χ3v) is 2.02. The zero-order chi connectivity index (χ0) is 11.1. The van der Waals surface area contributed by atoms with Crippen LogP contribution in [0.5, 0.6) is 5.75 Å². The molecule has 0 amide bonds. The van der Waals surface area contributed by atoms with Crippen molar-refractivity contribution >= 4 is 11.6 Å². The standard InChI is InChI=1S/C11H15ClO3/c1-2-14-7-10(13)8-15-11-5-3-9(12)4-6-11/h3-6,10,13H,2,7-8H2,1H3. The summed E-state index contributed by atoms with van der Waals surface area (Å²) in [4.78, 5) is 0. The monoisotopic (exact) mass is 230 g/mol. The van der Waals surface area contributed by atoms with Gasteiger partial charge in [-0.1, -0.05) is 11.6 Å². The molecule has 0 saturated carbocycles. The van der Waals surface area contributed by atoms with Crippen molar-refractivity contribution in [2.24, 2.45) is 0 Å². The Labute approximate surface area is 94.6 Å². The molecule has 1 unspecified atom stereocenters. The average molecular weight is 231 g/mol. The fourth-order valence-corrected chi connectivity index (χ4v) is 1.15. The second-order valence-electron chi connectivity index (χ2n) is 3.08. The van der Waals surface area contributed by atoms with Crippen molar-refractivity contribution in [1.29, 1.82) is 0 Å². The second-order valence-corrected chi connectivity index (χ2v) is 3.51. The SMILES string of the molecule is CCOCC(O)COc1ccc(Cl)cc1. The van der Waals surface area contributed by atoms with Gasteiger partial charge in [0, 0.05) is 11.6 Å². The Morgan fingerprint density at radius 2 is 1.93 bits per heavy atom. The van der Waals surface area contributed by atoms with Gasteiger partial charge in [-0.2, -0.15) is 0 Å². The highest BCUT2D eigenvalue weighted by molar-refractivity contribution is 6.30. The largest absolute Gasteiger partial charge is 0.491 e. The molecule has 0 heterocycles. The quantitative estimate of drug-likeness (QED) is 0.814. The Balaban J connectivity index is 2.27. The van der Waals surface area contributed by atoms with E-state index < -0.39 is 6.10 Å². The number of hydrogen-bond donors (Lipinski definition) is 1. The number of halogens is 1. The van der Waals surface area contributed by atoms with Crippen LogP contribution in [0.25, 0.3) is 0 Å². The lowest BCUT2D eigenvalue weighted by molar-refractivity contribution is 0.0164. The van der Waals surface area contributed by atoms with Crippen molar-refractivity contribution in [3.8, 4) is 5.75 Å². The van der Waals surface area contributed by atoms with Gasteiger partial charge >= 0.3 is 0 Å². The first kappa shape index (κ1) is 12.3. The van der Waals surface area contributed by atoms with Crippen molar-refractivity contribution in [1.82, 2.24) is 0 Å². The normalized spacial score (nSPS) is 12.5. The first-order chi connectivity index (χ1) is 7.22. The molecule has 4 heteroatoms. The Kier molecular flexibility index (Phi) is 5.47. The van der Waals surface area contributed by atoms with Crippen LogP contribution in [0.4, 0.5) is 0 Å². The van der Waals surface area contributed by atoms with E-state index in [1.807, 2.05) is 6.92 Å². The molecule has 15 heavy (non-hydrogen) atoms. The zero-order valence-corrected chi connectivity index (χ0v) is 9.41. The van der Waals surface area contributed by atoms with Crippen LogP contribution < -0.4 is 4.74 Å². The number of ether oxygens (including phenoxy) is 2. The van der Waals surface area contributed by atoms with Crippen LogP contribution >= 0.6 is 11.6 Å². The summed E-state index contributed by atoms with van der Waals surface area (Å²) in [5.74, 6) is 0.690. The molecule has 0 aliphatic rings. The fourth-order valence-electron chi connectivity index (χ4n) is 1.03. The lowest BCUT2D eigenvalue weighted by Crippen LogP contribution is -2.23. The van der Waals surface area contributed by atoms with Crippen molar-refractivity contribution in [2.75, 3.05) is 19.8 Å². The predicted octanol–water partition coefficient (Wildman–Crippen LogP) is 2.12. The molecule has 1 N–H and O–H groups in total. The molecule has 1 rings (SSSR count). The third kappa shape index (κ3) is 5.02. The van der Waals surface area contributed by atoms with Gasteiger partial charge in [0.15, 0.2) is 0 Å². The number of hydrogen-bond acceptors (Lipinski definition) is 3. The highest BCUT2D eigenvalue weighted by atomic mass is 35.5. The molecular formula is C11H15ClO3. The Hall–Kier alpha value is -0.770. The van der Waals surface area contributed by atoms with Crippen LogP contribution in [0.3, 0.4) is 0 Å². The van der Waals surface area contributed by atoms with E-state index in [1.165, 1.54) is 0 Å². The Morgan fingerprint density at radius 1 is 1.27 bits per heavy atom. The summed E-state index contributed by atoms with van der Waals surface area (Å²) >= 11 is 5.72. The van der Waals surface area contributed by atoms with E-state index in [-0.39, 0.29) is 6.61 Å². The van der Waals surface area contributed by atoms with Crippen LogP contribution in [0.1, 0.15) is 6.92 Å². The van der Waals surface area contributed by atoms with Gasteiger partial charge in [0.05, 0.1) is 6.61 Å². The minimum atomic E-state index is -0.597. The van der Waals surface area contributed by atoms with Crippen LogP contribution in [0, 0.1) is 0 Å². The van der Waals surface area contributed by atoms with E-state index >= 15 is 0 Å². The molecule has 0 radical (unpaired) electrons. The van der Waals surface area contributed by atoms with E-state index in [4.69, 9.17) is 21.1 Å². The number of rotatable bonds is 6. The van der Waals surface area contributed by atoms with E-state index in [0.29, 0.717) is 24.0 Å². The summed E-state index contributed by atoms with van der Waals surface area (Å²) in [5.41, 5.74) is 0. The van der Waals surface area contributed by atoms with Crippen LogP contribution in [-0.2, 0) is 4.74 Å². The molecule has 1 atom stereocenters. The molecule has 1 aromatic carbocycles. The van der Waals surface area contributed by atoms with E-state index in [0.717, 1.165) is 0 Å². The number of aliphatic hydroxyl groups is 1. The zero-order valence-electron chi connectivity index (χ0n) is 8.65. The van der Waals surface area contributed by atoms with Crippen LogP contribution in [-0.4, -0.2) is 31.0 Å². The molecule has 1 aromatic rings. The van der Waals surface area contributed by atoms with Crippen molar-refractivity contribution in [3.63, 3.8) is 0 Å². The molecule has 0 saturated heterocycles. The molecule has 0 aliphatic carbocycles. The lowest BCUT2D eigenvalue weighted by atomic mass is 10.3. The molecular weight excluding hydrogens is 216 g/mol. The molecule has 0 fully saturated rings. The van der Waals surface area contributed by atoms with E-state index in [2.05, 4.69) is 0 Å². The average Bonchev–Trinajstić information content (AvgIpc) is 2.25. The molecule has 0 aliphatic heterocycles. The minimum Gasteiger partial charge on any atom is -0.491 e. The second kappa shape index (κ2) is 6.67. The molecule has 84 valence electrons. The van der Waals surface area contributed by atoms with Gasteiger partial charge in [-0.05, 0) is 31.2 Å². The van der Waals surface area contributed by atoms with Crippen molar-refractivity contribution < 1.29 is 14.6 Å². The van der Waals surface area contributed by atoms with Gasteiger partial charge in [-0.3, -0.25) is 0 Å². The maximum atomic E-state index is 9.42. The van der Waals surface area contributed by atoms with Gasteiger partial charge in [0.1, 0.15) is 18.5 Å². The molecule has 3 nitrogen and oxygen atoms in total. The maximum absolute atomic E-state index is 9.42. The first-order valence-electron chi connectivity index (χ1n) is 4.86. The third-order valence-electron chi connectivity index (χ3n) is 1.77. The van der Waals surface area contributed by atoms with Crippen molar-refractivity contribution in [2.45, 2.75) is 13.0 Å². The molecule has 0 aromatic heterocycles. The number of benzene rings is 1. The smallest absolute Gasteiger partial charge is 0.119 e. The van der Waals surface area contributed by atoms with Gasteiger partial charge in [-0.25, -0.2) is 0 Å². The lowest BCUT2D eigenvalue weighted by Gasteiger charge is -2.11. The minimum absolute atomic E-state index is 0.224. The first-order valence-corrected chi connectivity index (χ1v) is 5.24. The summed E-state index contributed by atoms with van der Waals surface area (Å²) < 4.78 is 10.4. The predicted molar refractivity (Wildman–Crippen MR) is 59.4 cm³/mol. The summed E-state index contributed by atoms with van der Waals surface area (Å²) in [7, 11) is 0. The van der Waals surface area contributed by atoms with Gasteiger partial charge in [0.25, 0.3) is 0 Å². The van der Waals surface area contributed by atoms with Gasteiger partial charge < -0.3 is 14.6 Å². The Bertz CT molecular complexity index is 274. The highest BCUT2D eigenvalue weighted by Crippen LogP contribution is 2.15. The molecule has 0 bridgehead atoms. The summed E-state index contributed by atoms with van der Waals surface area (Å²) in [5, 5.41) is 10.1. The van der Waals surface area contributed by atoms with E-state index in [1.54, 1.807) is 24.3 Å². The topological polar surface area (TPSA) is 38.7 Å². The van der Waals surface area contributed by atoms with Crippen LogP contribution in [0.15, 0.2) is 24.3 Å². The van der Waals surface area contributed by atoms with Crippen molar-refractivity contribution in [3.05, 3.63) is 29.3 Å². The maximum Gasteiger partial charge on any atom is 0.119 e. The van der Waals surface area contributed by atoms with Gasteiger partial charge in [0.2, 0.25) is 0 Å². The molecule has 0 spiro atoms. The summed E-state index contributed by atoms with van der Waals surface area (Å²) in [6.07, 6.45) is -0.597. The number of aliphatic hydroxyl groups excluding tert-OH is 1.